The van der Waals surface area contributed by atoms with Crippen molar-refractivity contribution < 1.29 is 4.74 Å². The van der Waals surface area contributed by atoms with Crippen molar-refractivity contribution in [3.63, 3.8) is 0 Å². The minimum absolute atomic E-state index is 0.202. The van der Waals surface area contributed by atoms with Crippen LogP contribution in [0, 0.1) is 0 Å². The van der Waals surface area contributed by atoms with Crippen LogP contribution in [0.3, 0.4) is 0 Å². The molecule has 0 aliphatic carbocycles. The predicted octanol–water partition coefficient (Wildman–Crippen LogP) is 3.78. The summed E-state index contributed by atoms with van der Waals surface area (Å²) in [7, 11) is 0. The molecule has 0 fully saturated rings. The Balaban J connectivity index is 1.96. The first kappa shape index (κ1) is 14.0. The molecule has 1 unspecified atom stereocenters. The fraction of sp³-hybridized carbons (Fsp3) is 0.400. The van der Waals surface area contributed by atoms with E-state index in [1.807, 2.05) is 31.5 Å². The average Bonchev–Trinajstić information content (AvgIpc) is 2.88. The van der Waals surface area contributed by atoms with Crippen LogP contribution < -0.4 is 10.1 Å². The van der Waals surface area contributed by atoms with Gasteiger partial charge < -0.3 is 10.1 Å². The van der Waals surface area contributed by atoms with E-state index in [9.17, 15) is 0 Å². The molecule has 3 nitrogen and oxygen atoms in total. The summed E-state index contributed by atoms with van der Waals surface area (Å²) in [5, 5.41) is 5.54. The maximum Gasteiger partial charge on any atom is 0.120 e. The highest BCUT2D eigenvalue weighted by Crippen LogP contribution is 2.20. The third-order valence-electron chi connectivity index (χ3n) is 2.80. The number of hydrogen-bond acceptors (Lipinski definition) is 4. The number of nitrogens with zero attached hydrogens (tertiary/aromatic N) is 1. The lowest BCUT2D eigenvalue weighted by atomic mass is 10.1. The molecule has 102 valence electrons. The van der Waals surface area contributed by atoms with Crippen molar-refractivity contribution in [2.45, 2.75) is 39.5 Å². The number of rotatable bonds is 6. The summed E-state index contributed by atoms with van der Waals surface area (Å²) < 4.78 is 5.72. The van der Waals surface area contributed by atoms with E-state index in [1.165, 1.54) is 5.56 Å². The lowest BCUT2D eigenvalue weighted by Crippen LogP contribution is -2.18. The van der Waals surface area contributed by atoms with Crippen molar-refractivity contribution in [1.29, 1.82) is 0 Å². The summed E-state index contributed by atoms with van der Waals surface area (Å²) in [6, 6.07) is 8.52. The van der Waals surface area contributed by atoms with E-state index in [1.54, 1.807) is 11.3 Å². The van der Waals surface area contributed by atoms with E-state index in [2.05, 4.69) is 34.7 Å². The van der Waals surface area contributed by atoms with Crippen LogP contribution in [0.5, 0.6) is 5.75 Å². The topological polar surface area (TPSA) is 34.1 Å². The average molecular weight is 276 g/mol. The standard InChI is InChI=1S/C15H20N2OS/c1-11(2)18-15-6-4-5-13(7-15)12(3)16-8-14-9-19-10-17-14/h4-7,9-12,16H,8H2,1-3H3. The molecule has 0 spiro atoms. The van der Waals surface area contributed by atoms with Gasteiger partial charge in [0.2, 0.25) is 0 Å². The van der Waals surface area contributed by atoms with Crippen LogP contribution in [-0.2, 0) is 6.54 Å². The Morgan fingerprint density at radius 3 is 2.84 bits per heavy atom. The Hall–Kier alpha value is -1.39. The van der Waals surface area contributed by atoms with Crippen molar-refractivity contribution in [2.24, 2.45) is 0 Å². The Bertz CT molecular complexity index is 497. The molecule has 0 saturated heterocycles. The van der Waals surface area contributed by atoms with Gasteiger partial charge in [-0.1, -0.05) is 12.1 Å². The zero-order valence-corrected chi connectivity index (χ0v) is 12.4. The zero-order valence-electron chi connectivity index (χ0n) is 11.6. The molecule has 1 N–H and O–H groups in total. The predicted molar refractivity (Wildman–Crippen MR) is 79.6 cm³/mol. The smallest absolute Gasteiger partial charge is 0.120 e. The molecular weight excluding hydrogens is 256 g/mol. The van der Waals surface area contributed by atoms with Crippen LogP contribution >= 0.6 is 11.3 Å². The van der Waals surface area contributed by atoms with Crippen LogP contribution in [0.25, 0.3) is 0 Å². The summed E-state index contributed by atoms with van der Waals surface area (Å²) in [4.78, 5) is 4.27. The Morgan fingerprint density at radius 2 is 2.16 bits per heavy atom. The number of nitrogens with one attached hydrogen (secondary N) is 1. The summed E-state index contributed by atoms with van der Waals surface area (Å²) >= 11 is 1.63. The highest BCUT2D eigenvalue weighted by atomic mass is 32.1. The summed E-state index contributed by atoms with van der Waals surface area (Å²) in [5.74, 6) is 0.926. The highest BCUT2D eigenvalue weighted by Gasteiger charge is 2.07. The van der Waals surface area contributed by atoms with E-state index < -0.39 is 0 Å². The fourth-order valence-electron chi connectivity index (χ4n) is 1.83. The molecule has 0 bridgehead atoms. The molecule has 2 aromatic rings. The Morgan fingerprint density at radius 1 is 1.32 bits per heavy atom. The number of hydrogen-bond donors (Lipinski definition) is 1. The van der Waals surface area contributed by atoms with Crippen LogP contribution in [-0.4, -0.2) is 11.1 Å². The molecular formula is C15H20N2OS. The summed E-state index contributed by atoms with van der Waals surface area (Å²) in [5.41, 5.74) is 4.18. The normalized spacial score (nSPS) is 12.6. The van der Waals surface area contributed by atoms with Crippen molar-refractivity contribution in [3.8, 4) is 5.75 Å². The molecule has 19 heavy (non-hydrogen) atoms. The van der Waals surface area contributed by atoms with Gasteiger partial charge in [0.05, 0.1) is 17.3 Å². The number of benzene rings is 1. The van der Waals surface area contributed by atoms with Gasteiger partial charge in [-0.15, -0.1) is 11.3 Å². The van der Waals surface area contributed by atoms with Gasteiger partial charge in [0.25, 0.3) is 0 Å². The van der Waals surface area contributed by atoms with Crippen molar-refractivity contribution in [1.82, 2.24) is 10.3 Å². The van der Waals surface area contributed by atoms with Crippen LogP contribution in [0.4, 0.5) is 0 Å². The van der Waals surface area contributed by atoms with Crippen LogP contribution in [0.1, 0.15) is 38.1 Å². The van der Waals surface area contributed by atoms with E-state index in [4.69, 9.17) is 4.74 Å². The number of ether oxygens (including phenoxy) is 1. The molecule has 1 heterocycles. The lowest BCUT2D eigenvalue weighted by Gasteiger charge is -2.16. The minimum atomic E-state index is 0.202. The maximum atomic E-state index is 5.72. The Kier molecular flexibility index (Phi) is 4.93. The van der Waals surface area contributed by atoms with Gasteiger partial charge in [0.1, 0.15) is 5.75 Å². The lowest BCUT2D eigenvalue weighted by molar-refractivity contribution is 0.242. The van der Waals surface area contributed by atoms with Crippen LogP contribution in [0.2, 0.25) is 0 Å². The zero-order chi connectivity index (χ0) is 13.7. The number of aromatic nitrogens is 1. The van der Waals surface area contributed by atoms with E-state index in [0.717, 1.165) is 18.0 Å². The van der Waals surface area contributed by atoms with E-state index in [0.29, 0.717) is 0 Å². The SMILES string of the molecule is CC(C)Oc1cccc(C(C)NCc2cscn2)c1. The quantitative estimate of drug-likeness (QED) is 0.872. The molecule has 1 aromatic heterocycles. The van der Waals surface area contributed by atoms with Gasteiger partial charge >= 0.3 is 0 Å². The molecule has 2 rings (SSSR count). The van der Waals surface area contributed by atoms with Crippen molar-refractivity contribution in [3.05, 3.63) is 46.4 Å². The van der Waals surface area contributed by atoms with E-state index >= 15 is 0 Å². The summed E-state index contributed by atoms with van der Waals surface area (Å²) in [6.07, 6.45) is 0.202. The maximum absolute atomic E-state index is 5.72. The summed E-state index contributed by atoms with van der Waals surface area (Å²) in [6.45, 7) is 7.02. The monoisotopic (exact) mass is 276 g/mol. The van der Waals surface area contributed by atoms with Crippen molar-refractivity contribution >= 4 is 11.3 Å². The molecule has 0 aliphatic rings. The second-order valence-electron chi connectivity index (χ2n) is 4.82. The second-order valence-corrected chi connectivity index (χ2v) is 5.54. The van der Waals surface area contributed by atoms with Gasteiger partial charge in [-0.2, -0.15) is 0 Å². The number of thiazole rings is 1. The molecule has 1 atom stereocenters. The van der Waals surface area contributed by atoms with Crippen LogP contribution in [0.15, 0.2) is 35.2 Å². The molecule has 1 aromatic carbocycles. The third kappa shape index (κ3) is 4.33. The first-order chi connectivity index (χ1) is 9.15. The van der Waals surface area contributed by atoms with Gasteiger partial charge in [0, 0.05) is 18.0 Å². The Labute approximate surface area is 118 Å². The van der Waals surface area contributed by atoms with Gasteiger partial charge in [0.15, 0.2) is 0 Å². The van der Waals surface area contributed by atoms with Gasteiger partial charge in [-0.3, -0.25) is 0 Å². The second kappa shape index (κ2) is 6.68. The largest absolute Gasteiger partial charge is 0.491 e. The molecule has 0 amide bonds. The molecule has 0 aliphatic heterocycles. The molecule has 0 radical (unpaired) electrons. The van der Waals surface area contributed by atoms with Gasteiger partial charge in [-0.05, 0) is 38.5 Å². The first-order valence-electron chi connectivity index (χ1n) is 6.52. The first-order valence-corrected chi connectivity index (χ1v) is 7.46. The fourth-order valence-corrected chi connectivity index (χ4v) is 2.39. The highest BCUT2D eigenvalue weighted by molar-refractivity contribution is 7.07. The van der Waals surface area contributed by atoms with Gasteiger partial charge in [-0.25, -0.2) is 4.98 Å². The van der Waals surface area contributed by atoms with Crippen molar-refractivity contribution in [2.75, 3.05) is 0 Å². The minimum Gasteiger partial charge on any atom is -0.491 e. The molecule has 0 saturated carbocycles. The van der Waals surface area contributed by atoms with E-state index in [-0.39, 0.29) is 12.1 Å². The molecule has 4 heteroatoms. The third-order valence-corrected chi connectivity index (χ3v) is 3.44.